The fraction of sp³-hybridized carbons (Fsp3) is 1.00. The zero-order valence-electron chi connectivity index (χ0n) is 13.0. The van der Waals surface area contributed by atoms with Crippen LogP contribution in [0, 0.1) is 0 Å². The van der Waals surface area contributed by atoms with Gasteiger partial charge in [0.15, 0.2) is 20.0 Å². The molecule has 0 aromatic heterocycles. The first-order chi connectivity index (χ1) is 10.3. The lowest BCUT2D eigenvalue weighted by molar-refractivity contribution is 0.369. The molecule has 16 heteroatoms. The molecule has 0 aliphatic rings. The van der Waals surface area contributed by atoms with Crippen LogP contribution in [0.3, 0.4) is 0 Å². The highest BCUT2D eigenvalue weighted by Gasteiger charge is 2.50. The van der Waals surface area contributed by atoms with E-state index in [-0.39, 0.29) is 0 Å². The van der Waals surface area contributed by atoms with E-state index >= 15 is 0 Å². The second-order valence-corrected chi connectivity index (χ2v) is 11.6. The quantitative estimate of drug-likeness (QED) is 0.429. The minimum absolute atomic E-state index is 0.906. The van der Waals surface area contributed by atoms with Crippen LogP contribution >= 0.6 is 47.7 Å². The Morgan fingerprint density at radius 2 is 1.43 bits per heavy atom. The van der Waals surface area contributed by atoms with Gasteiger partial charge < -0.3 is 0 Å². The Hall–Kier alpha value is 0.700. The summed E-state index contributed by atoms with van der Waals surface area (Å²) in [7, 11) is -19.2. The summed E-state index contributed by atoms with van der Waals surface area (Å²) in [6.45, 7) is 2.74. The van der Waals surface area contributed by atoms with Gasteiger partial charge in [-0.25, -0.2) is 4.57 Å². The summed E-state index contributed by atoms with van der Waals surface area (Å²) >= 11 is 0. The fourth-order valence-corrected chi connectivity index (χ4v) is 9.33. The summed E-state index contributed by atoms with van der Waals surface area (Å²) in [5, 5.41) is 0. The molecule has 21 heavy (non-hydrogen) atoms. The average molecular weight is 421 g/mol. The molecule has 0 aliphatic heterocycles. The van der Waals surface area contributed by atoms with E-state index in [1.165, 1.54) is 0 Å². The Morgan fingerprint density at radius 3 is 1.76 bits per heavy atom. The maximum Gasteiger partial charge on any atom is 0.513 e. The zero-order chi connectivity index (χ0) is 18.5. The maximum absolute atomic E-state index is 12.6. The lowest BCUT2D eigenvalue weighted by Gasteiger charge is -2.11. The van der Waals surface area contributed by atoms with E-state index in [4.69, 9.17) is 2.74 Å². The summed E-state index contributed by atoms with van der Waals surface area (Å²) in [6, 6.07) is 0. The van der Waals surface area contributed by atoms with Gasteiger partial charge in [0, 0.05) is 0 Å². The number of rotatable bonds is 11. The van der Waals surface area contributed by atoms with Crippen LogP contribution in [0.4, 0.5) is 0 Å². The van der Waals surface area contributed by atoms with Gasteiger partial charge in [-0.05, 0) is 13.7 Å². The number of hydrogen-bond acceptors (Lipinski definition) is 10. The van der Waals surface area contributed by atoms with Gasteiger partial charge in [-0.15, -0.1) is 0 Å². The van der Waals surface area contributed by atoms with Crippen LogP contribution in [0.1, 0.15) is 2.74 Å². The van der Waals surface area contributed by atoms with Crippen molar-refractivity contribution in [1.82, 2.24) is 0 Å². The van der Waals surface area contributed by atoms with Crippen LogP contribution < -0.4 is 0 Å². The van der Waals surface area contributed by atoms with Crippen LogP contribution in [-0.4, -0.2) is 32.2 Å². The summed E-state index contributed by atoms with van der Waals surface area (Å²) in [6.07, 6.45) is -1.20. The standard InChI is InChI=1S/C5H13O10P6/c1-17(7)13-20(10,4-12-16-6)5-21(11,14-18(2)8)15-19(3)9/h4-5H2,1-3H3/q+3/i5D2. The molecule has 0 aromatic carbocycles. The van der Waals surface area contributed by atoms with Gasteiger partial charge in [-0.1, -0.05) is 12.9 Å². The third-order valence-corrected chi connectivity index (χ3v) is 9.89. The van der Waals surface area contributed by atoms with E-state index in [2.05, 4.69) is 17.5 Å². The molecule has 0 amide bonds. The Bertz CT molecular complexity index is 585. The van der Waals surface area contributed by atoms with E-state index < -0.39 is 59.9 Å². The van der Waals surface area contributed by atoms with Crippen molar-refractivity contribution in [2.75, 3.05) is 32.2 Å². The van der Waals surface area contributed by atoms with Gasteiger partial charge in [-0.2, -0.15) is 0 Å². The highest BCUT2D eigenvalue weighted by atomic mass is 31.3. The Morgan fingerprint density at radius 1 is 1.00 bits per heavy atom. The van der Waals surface area contributed by atoms with Crippen molar-refractivity contribution in [1.29, 1.82) is 0 Å². The first kappa shape index (κ1) is 18.0. The van der Waals surface area contributed by atoms with E-state index in [1.807, 2.05) is 0 Å². The lowest BCUT2D eigenvalue weighted by Crippen LogP contribution is -2.00. The highest BCUT2D eigenvalue weighted by molar-refractivity contribution is 7.79. The molecule has 0 bridgehead atoms. The van der Waals surface area contributed by atoms with Crippen LogP contribution in [0.25, 0.3) is 0 Å². The summed E-state index contributed by atoms with van der Waals surface area (Å²) in [4.78, 5) is 0. The topological polar surface area (TPSA) is 139 Å². The fourth-order valence-electron chi connectivity index (χ4n) is 0.897. The van der Waals surface area contributed by atoms with Gasteiger partial charge in [0.25, 0.3) is 7.37 Å². The SMILES string of the molecule is [2H]C([2H])(P(=O)(COP=O)O[P+](C)=O)P(=O)(O[P+](C)=O)O[P+](C)=O. The maximum atomic E-state index is 12.6. The zero-order valence-corrected chi connectivity index (χ0v) is 16.3. The van der Waals surface area contributed by atoms with E-state index in [9.17, 15) is 27.4 Å². The first-order valence-electron chi connectivity index (χ1n) is 5.77. The van der Waals surface area contributed by atoms with Crippen LogP contribution in [0.2, 0.25) is 0 Å². The van der Waals surface area contributed by atoms with Crippen LogP contribution in [0.15, 0.2) is 0 Å². The highest BCUT2D eigenvalue weighted by Crippen LogP contribution is 2.70. The largest absolute Gasteiger partial charge is 0.513 e. The van der Waals surface area contributed by atoms with Crippen molar-refractivity contribution in [2.45, 2.75) is 0 Å². The van der Waals surface area contributed by atoms with Crippen molar-refractivity contribution in [3.63, 3.8) is 0 Å². The molecule has 0 saturated heterocycles. The van der Waals surface area contributed by atoms with Crippen molar-refractivity contribution in [3.05, 3.63) is 0 Å². The molecule has 0 aliphatic carbocycles. The molecule has 0 heterocycles. The molecule has 4 unspecified atom stereocenters. The van der Waals surface area contributed by atoms with Gasteiger partial charge in [0.05, 0.1) is 2.74 Å². The summed E-state index contributed by atoms with van der Waals surface area (Å²) < 4.78 is 102. The predicted molar refractivity (Wildman–Crippen MR) is 77.5 cm³/mol. The van der Waals surface area contributed by atoms with Gasteiger partial charge in [-0.3, -0.25) is 13.7 Å². The van der Waals surface area contributed by atoms with E-state index in [0.717, 1.165) is 20.0 Å². The normalized spacial score (nSPS) is 21.6. The smallest absolute Gasteiger partial charge is 0.285 e. The molecule has 4 atom stereocenters. The van der Waals surface area contributed by atoms with E-state index in [1.54, 1.807) is 0 Å². The molecule has 0 spiro atoms. The van der Waals surface area contributed by atoms with Crippen LogP contribution in [0.5, 0.6) is 0 Å². The Kier molecular flexibility index (Phi) is 8.38. The molecule has 0 fully saturated rings. The molecule has 120 valence electrons. The van der Waals surface area contributed by atoms with Gasteiger partial charge in [0.1, 0.15) is 12.2 Å². The summed E-state index contributed by atoms with van der Waals surface area (Å²) in [5.74, 6) is -3.52. The predicted octanol–water partition coefficient (Wildman–Crippen LogP) is 4.76. The molecule has 10 nitrogen and oxygen atoms in total. The Balaban J connectivity index is 6.11. The molecule has 0 saturated carbocycles. The molecular weight excluding hydrogens is 406 g/mol. The summed E-state index contributed by atoms with van der Waals surface area (Å²) in [5.41, 5.74) is 0. The molecular formula is C5H13O10P6+3. The molecule has 0 rings (SSSR count). The third kappa shape index (κ3) is 10.2. The first-order valence-corrected chi connectivity index (χ1v) is 13.7. The second-order valence-electron chi connectivity index (χ2n) is 3.17. The van der Waals surface area contributed by atoms with Crippen LogP contribution in [-0.2, 0) is 44.8 Å². The van der Waals surface area contributed by atoms with E-state index in [0.29, 0.717) is 0 Å². The molecule has 0 aromatic rings. The second kappa shape index (κ2) is 9.75. The average Bonchev–Trinajstić information content (AvgIpc) is 2.33. The van der Waals surface area contributed by atoms with Crippen molar-refractivity contribution < 1.29 is 47.6 Å². The van der Waals surface area contributed by atoms with Crippen molar-refractivity contribution in [2.24, 2.45) is 0 Å². The minimum atomic E-state index is -5.19. The monoisotopic (exact) mass is 421 g/mol. The molecule has 0 N–H and O–H groups in total. The van der Waals surface area contributed by atoms with Crippen molar-refractivity contribution >= 4 is 47.7 Å². The molecule has 0 radical (unpaired) electrons. The minimum Gasteiger partial charge on any atom is -0.285 e. The van der Waals surface area contributed by atoms with Gasteiger partial charge in [0.2, 0.25) is 0 Å². The lowest BCUT2D eigenvalue weighted by atomic mass is 11.7. The number of hydrogen-bond donors (Lipinski definition) is 0. The van der Waals surface area contributed by atoms with Gasteiger partial charge >= 0.3 is 40.4 Å². The third-order valence-electron chi connectivity index (χ3n) is 1.25. The Labute approximate surface area is 128 Å². The van der Waals surface area contributed by atoms with Crippen molar-refractivity contribution in [3.8, 4) is 0 Å².